The third-order valence-electron chi connectivity index (χ3n) is 2.29. The normalized spacial score (nSPS) is 12.1. The number of carbonyl (C=O) groups is 2. The van der Waals surface area contributed by atoms with Crippen LogP contribution in [-0.4, -0.2) is 50.2 Å². The molecule has 1 atom stereocenters. The third-order valence-corrected chi connectivity index (χ3v) is 2.29. The molecule has 0 saturated carbocycles. The molecule has 0 radical (unpaired) electrons. The van der Waals surface area contributed by atoms with E-state index in [1.165, 1.54) is 11.8 Å². The first-order valence-electron chi connectivity index (χ1n) is 5.15. The van der Waals surface area contributed by atoms with Gasteiger partial charge in [0.05, 0.1) is 5.92 Å². The lowest BCUT2D eigenvalue weighted by Crippen LogP contribution is -2.37. The van der Waals surface area contributed by atoms with Crippen LogP contribution in [0.1, 0.15) is 24.5 Å². The van der Waals surface area contributed by atoms with Crippen molar-refractivity contribution >= 4 is 17.8 Å². The molecule has 1 unspecified atom stereocenters. The zero-order valence-corrected chi connectivity index (χ0v) is 9.67. The fourth-order valence-electron chi connectivity index (χ4n) is 1.28. The van der Waals surface area contributed by atoms with Crippen LogP contribution in [0.25, 0.3) is 0 Å². The van der Waals surface area contributed by atoms with Crippen molar-refractivity contribution in [2.45, 2.75) is 13.8 Å². The molecule has 8 heteroatoms. The fourth-order valence-corrected chi connectivity index (χ4v) is 1.28. The van der Waals surface area contributed by atoms with Gasteiger partial charge in [0, 0.05) is 13.1 Å². The lowest BCUT2D eigenvalue weighted by Gasteiger charge is -2.21. The number of nitrogens with zero attached hydrogens (tertiary/aromatic N) is 3. The molecule has 1 amide bonds. The number of nitrogens with one attached hydrogen (secondary N) is 1. The summed E-state index contributed by atoms with van der Waals surface area (Å²) in [4.78, 5) is 27.7. The van der Waals surface area contributed by atoms with E-state index in [0.717, 1.165) is 0 Å². The third kappa shape index (κ3) is 3.16. The molecule has 94 valence electrons. The van der Waals surface area contributed by atoms with Crippen LogP contribution in [0.15, 0.2) is 0 Å². The van der Waals surface area contributed by atoms with Crippen LogP contribution in [0.4, 0.5) is 5.95 Å². The molecule has 0 aliphatic rings. The second kappa shape index (κ2) is 5.28. The van der Waals surface area contributed by atoms with Gasteiger partial charge < -0.3 is 15.7 Å². The number of H-pyrrole nitrogens is 1. The minimum absolute atomic E-state index is 0.0157. The van der Waals surface area contributed by atoms with E-state index in [0.29, 0.717) is 6.54 Å². The first kappa shape index (κ1) is 12.9. The van der Waals surface area contributed by atoms with E-state index in [4.69, 9.17) is 10.8 Å². The van der Waals surface area contributed by atoms with E-state index in [2.05, 4.69) is 15.2 Å². The van der Waals surface area contributed by atoms with Crippen molar-refractivity contribution in [1.29, 1.82) is 0 Å². The Morgan fingerprint density at radius 1 is 1.59 bits per heavy atom. The summed E-state index contributed by atoms with van der Waals surface area (Å²) in [7, 11) is 0. The summed E-state index contributed by atoms with van der Waals surface area (Å²) in [6, 6.07) is 0. The maximum absolute atomic E-state index is 11.9. The number of nitrogen functional groups attached to an aromatic ring is 1. The number of aromatic nitrogens is 3. The van der Waals surface area contributed by atoms with E-state index in [-0.39, 0.29) is 18.3 Å². The highest BCUT2D eigenvalue weighted by Crippen LogP contribution is 2.05. The molecule has 0 fully saturated rings. The van der Waals surface area contributed by atoms with Crippen molar-refractivity contribution in [3.05, 3.63) is 5.82 Å². The molecule has 8 nitrogen and oxygen atoms in total. The summed E-state index contributed by atoms with van der Waals surface area (Å²) in [6.45, 7) is 3.79. The van der Waals surface area contributed by atoms with Gasteiger partial charge in [0.25, 0.3) is 5.91 Å². The minimum atomic E-state index is -0.951. The van der Waals surface area contributed by atoms with Crippen molar-refractivity contribution in [2.75, 3.05) is 18.8 Å². The van der Waals surface area contributed by atoms with Crippen LogP contribution in [0.5, 0.6) is 0 Å². The molecule has 1 rings (SSSR count). The van der Waals surface area contributed by atoms with Crippen molar-refractivity contribution in [2.24, 2.45) is 5.92 Å². The average Bonchev–Trinajstić information content (AvgIpc) is 2.71. The highest BCUT2D eigenvalue weighted by atomic mass is 16.4. The van der Waals surface area contributed by atoms with Gasteiger partial charge in [-0.2, -0.15) is 4.98 Å². The molecule has 0 bridgehead atoms. The van der Waals surface area contributed by atoms with Gasteiger partial charge in [-0.3, -0.25) is 14.7 Å². The highest BCUT2D eigenvalue weighted by molar-refractivity contribution is 5.91. The second-order valence-electron chi connectivity index (χ2n) is 3.63. The summed E-state index contributed by atoms with van der Waals surface area (Å²) in [5.74, 6) is -2.00. The van der Waals surface area contributed by atoms with Gasteiger partial charge in [-0.05, 0) is 6.92 Å². The van der Waals surface area contributed by atoms with Crippen LogP contribution >= 0.6 is 0 Å². The van der Waals surface area contributed by atoms with Crippen LogP contribution in [0.2, 0.25) is 0 Å². The Labute approximate surface area is 97.8 Å². The number of carboxylic acid groups (broad SMARTS) is 1. The van der Waals surface area contributed by atoms with Crippen LogP contribution in [0, 0.1) is 5.92 Å². The molecule has 0 spiro atoms. The van der Waals surface area contributed by atoms with Gasteiger partial charge in [0.1, 0.15) is 0 Å². The topological polar surface area (TPSA) is 125 Å². The van der Waals surface area contributed by atoms with Crippen molar-refractivity contribution in [3.63, 3.8) is 0 Å². The molecule has 0 saturated heterocycles. The molecule has 17 heavy (non-hydrogen) atoms. The molecular weight excluding hydrogens is 226 g/mol. The maximum atomic E-state index is 11.9. The van der Waals surface area contributed by atoms with E-state index < -0.39 is 17.8 Å². The molecule has 0 aromatic carbocycles. The smallest absolute Gasteiger partial charge is 0.308 e. The molecular formula is C9H15N5O3. The summed E-state index contributed by atoms with van der Waals surface area (Å²) in [5.41, 5.74) is 5.29. The SMILES string of the molecule is CCN(CC(C)C(=O)O)C(=O)c1nc(N)n[nH]1. The Kier molecular flexibility index (Phi) is 4.02. The van der Waals surface area contributed by atoms with Crippen molar-refractivity contribution in [3.8, 4) is 0 Å². The predicted octanol–water partition coefficient (Wildman–Crippen LogP) is -0.430. The monoisotopic (exact) mass is 241 g/mol. The van der Waals surface area contributed by atoms with Gasteiger partial charge in [0.2, 0.25) is 11.8 Å². The molecule has 1 heterocycles. The Balaban J connectivity index is 2.74. The number of aliphatic carboxylic acids is 1. The summed E-state index contributed by atoms with van der Waals surface area (Å²) in [6.07, 6.45) is 0. The number of anilines is 1. The second-order valence-corrected chi connectivity index (χ2v) is 3.63. The predicted molar refractivity (Wildman–Crippen MR) is 59.2 cm³/mol. The number of nitrogens with two attached hydrogens (primary N) is 1. The zero-order valence-electron chi connectivity index (χ0n) is 9.67. The van der Waals surface area contributed by atoms with Gasteiger partial charge in [-0.25, -0.2) is 0 Å². The number of hydrogen-bond donors (Lipinski definition) is 3. The lowest BCUT2D eigenvalue weighted by molar-refractivity contribution is -0.141. The number of amides is 1. The molecule has 0 aliphatic heterocycles. The quantitative estimate of drug-likeness (QED) is 0.642. The largest absolute Gasteiger partial charge is 0.481 e. The van der Waals surface area contributed by atoms with Crippen molar-refractivity contribution in [1.82, 2.24) is 20.1 Å². The van der Waals surface area contributed by atoms with Gasteiger partial charge in [-0.15, -0.1) is 5.10 Å². The number of hydrogen-bond acceptors (Lipinski definition) is 5. The first-order valence-corrected chi connectivity index (χ1v) is 5.15. The lowest BCUT2D eigenvalue weighted by atomic mass is 10.1. The minimum Gasteiger partial charge on any atom is -0.481 e. The Hall–Kier alpha value is -2.12. The summed E-state index contributed by atoms with van der Waals surface area (Å²) < 4.78 is 0. The Bertz CT molecular complexity index is 417. The molecule has 1 aromatic rings. The Morgan fingerprint density at radius 3 is 2.65 bits per heavy atom. The van der Waals surface area contributed by atoms with Gasteiger partial charge in [0.15, 0.2) is 0 Å². The zero-order chi connectivity index (χ0) is 13.0. The highest BCUT2D eigenvalue weighted by Gasteiger charge is 2.22. The van der Waals surface area contributed by atoms with Gasteiger partial charge >= 0.3 is 5.97 Å². The van der Waals surface area contributed by atoms with Crippen LogP contribution < -0.4 is 5.73 Å². The van der Waals surface area contributed by atoms with Crippen LogP contribution in [0.3, 0.4) is 0 Å². The maximum Gasteiger partial charge on any atom is 0.308 e. The standard InChI is InChI=1S/C9H15N5O3/c1-3-14(4-5(2)8(16)17)7(15)6-11-9(10)13-12-6/h5H,3-4H2,1-2H3,(H,16,17)(H3,10,11,12,13). The van der Waals surface area contributed by atoms with Gasteiger partial charge in [-0.1, -0.05) is 6.92 Å². The molecule has 0 aliphatic carbocycles. The molecule has 4 N–H and O–H groups in total. The van der Waals surface area contributed by atoms with Crippen molar-refractivity contribution < 1.29 is 14.7 Å². The van der Waals surface area contributed by atoms with E-state index in [9.17, 15) is 9.59 Å². The number of carbonyl (C=O) groups excluding carboxylic acids is 1. The van der Waals surface area contributed by atoms with E-state index in [1.54, 1.807) is 6.92 Å². The summed E-state index contributed by atoms with van der Waals surface area (Å²) >= 11 is 0. The summed E-state index contributed by atoms with van der Waals surface area (Å²) in [5, 5.41) is 14.7. The average molecular weight is 241 g/mol. The molecule has 1 aromatic heterocycles. The first-order chi connectivity index (χ1) is 7.95. The fraction of sp³-hybridized carbons (Fsp3) is 0.556. The van der Waals surface area contributed by atoms with Crippen LogP contribution in [-0.2, 0) is 4.79 Å². The number of rotatable bonds is 5. The van der Waals surface area contributed by atoms with E-state index in [1.807, 2.05) is 0 Å². The van der Waals surface area contributed by atoms with E-state index >= 15 is 0 Å². The number of carboxylic acids is 1. The Morgan fingerprint density at radius 2 is 2.24 bits per heavy atom. The number of aromatic amines is 1.